The van der Waals surface area contributed by atoms with Crippen molar-refractivity contribution >= 4 is 17.6 Å². The van der Waals surface area contributed by atoms with Crippen LogP contribution in [0.2, 0.25) is 0 Å². The largest absolute Gasteiger partial charge is 0.478 e. The van der Waals surface area contributed by atoms with Gasteiger partial charge in [0.1, 0.15) is 0 Å². The molecule has 0 aliphatic rings. The fraction of sp³-hybridized carbons (Fsp3) is 0.467. The third-order valence-electron chi connectivity index (χ3n) is 2.95. The van der Waals surface area contributed by atoms with E-state index in [9.17, 15) is 9.59 Å². The molecule has 0 fully saturated rings. The van der Waals surface area contributed by atoms with E-state index in [0.717, 1.165) is 18.4 Å². The van der Waals surface area contributed by atoms with Crippen LogP contribution in [0.4, 0.5) is 5.69 Å². The lowest BCUT2D eigenvalue weighted by Gasteiger charge is -2.14. The van der Waals surface area contributed by atoms with Gasteiger partial charge < -0.3 is 10.4 Å². The molecule has 0 saturated carbocycles. The first-order valence-electron chi connectivity index (χ1n) is 6.62. The standard InChI is InChI=1S/C15H21NO3/c1-4-5-6-14(17)16-13-9-11(15(18)19)7-8-12(13)10(2)3/h7-10H,4-6H2,1-3H3,(H,16,17)(H,18,19). The molecule has 104 valence electrons. The van der Waals surface area contributed by atoms with Crippen molar-refractivity contribution in [3.8, 4) is 0 Å². The van der Waals surface area contributed by atoms with Gasteiger partial charge in [-0.05, 0) is 30.0 Å². The molecule has 0 unspecified atom stereocenters. The van der Waals surface area contributed by atoms with Crippen LogP contribution in [0.25, 0.3) is 0 Å². The number of carbonyl (C=O) groups is 2. The highest BCUT2D eigenvalue weighted by Gasteiger charge is 2.13. The van der Waals surface area contributed by atoms with Crippen molar-refractivity contribution in [1.82, 2.24) is 0 Å². The van der Waals surface area contributed by atoms with E-state index < -0.39 is 5.97 Å². The molecule has 0 atom stereocenters. The van der Waals surface area contributed by atoms with Gasteiger partial charge >= 0.3 is 5.97 Å². The summed E-state index contributed by atoms with van der Waals surface area (Å²) in [4.78, 5) is 22.7. The topological polar surface area (TPSA) is 66.4 Å². The summed E-state index contributed by atoms with van der Waals surface area (Å²) in [6.07, 6.45) is 2.26. The molecule has 1 aromatic carbocycles. The number of hydrogen-bond donors (Lipinski definition) is 2. The van der Waals surface area contributed by atoms with Gasteiger partial charge in [0.25, 0.3) is 0 Å². The van der Waals surface area contributed by atoms with Crippen LogP contribution in [-0.4, -0.2) is 17.0 Å². The minimum absolute atomic E-state index is 0.0636. The van der Waals surface area contributed by atoms with Gasteiger partial charge in [0.15, 0.2) is 0 Å². The smallest absolute Gasteiger partial charge is 0.335 e. The third kappa shape index (κ3) is 4.39. The van der Waals surface area contributed by atoms with E-state index in [0.29, 0.717) is 12.1 Å². The van der Waals surface area contributed by atoms with Gasteiger partial charge in [-0.15, -0.1) is 0 Å². The van der Waals surface area contributed by atoms with Gasteiger partial charge in [-0.3, -0.25) is 4.79 Å². The molecule has 0 aliphatic heterocycles. The fourth-order valence-corrected chi connectivity index (χ4v) is 1.85. The summed E-state index contributed by atoms with van der Waals surface area (Å²) in [5.41, 5.74) is 1.75. The number of carboxylic acids is 1. The average Bonchev–Trinajstić information content (AvgIpc) is 2.35. The van der Waals surface area contributed by atoms with E-state index in [4.69, 9.17) is 5.11 Å². The third-order valence-corrected chi connectivity index (χ3v) is 2.95. The van der Waals surface area contributed by atoms with Crippen LogP contribution < -0.4 is 5.32 Å². The summed E-state index contributed by atoms with van der Waals surface area (Å²) >= 11 is 0. The van der Waals surface area contributed by atoms with E-state index in [1.165, 1.54) is 6.07 Å². The predicted molar refractivity (Wildman–Crippen MR) is 75.6 cm³/mol. The van der Waals surface area contributed by atoms with E-state index in [1.54, 1.807) is 12.1 Å². The van der Waals surface area contributed by atoms with Gasteiger partial charge in [-0.2, -0.15) is 0 Å². The van der Waals surface area contributed by atoms with Crippen LogP contribution in [0.5, 0.6) is 0 Å². The van der Waals surface area contributed by atoms with Crippen LogP contribution in [0.1, 0.15) is 61.9 Å². The van der Waals surface area contributed by atoms with Crippen molar-refractivity contribution in [2.24, 2.45) is 0 Å². The molecule has 0 radical (unpaired) electrons. The van der Waals surface area contributed by atoms with Gasteiger partial charge in [0.05, 0.1) is 5.56 Å². The van der Waals surface area contributed by atoms with Crippen molar-refractivity contribution < 1.29 is 14.7 Å². The minimum Gasteiger partial charge on any atom is -0.478 e. The molecule has 0 aromatic heterocycles. The van der Waals surface area contributed by atoms with Crippen molar-refractivity contribution in [2.45, 2.75) is 46.0 Å². The number of anilines is 1. The number of amides is 1. The minimum atomic E-state index is -0.987. The Labute approximate surface area is 113 Å². The Morgan fingerprint density at radius 1 is 1.32 bits per heavy atom. The van der Waals surface area contributed by atoms with Crippen molar-refractivity contribution in [3.05, 3.63) is 29.3 Å². The van der Waals surface area contributed by atoms with Crippen LogP contribution in [-0.2, 0) is 4.79 Å². The summed E-state index contributed by atoms with van der Waals surface area (Å²) in [6.45, 7) is 6.05. The van der Waals surface area contributed by atoms with E-state index in [-0.39, 0.29) is 17.4 Å². The van der Waals surface area contributed by atoms with Crippen molar-refractivity contribution in [3.63, 3.8) is 0 Å². The molecule has 0 bridgehead atoms. The molecule has 0 heterocycles. The Hall–Kier alpha value is -1.84. The van der Waals surface area contributed by atoms with Gasteiger partial charge in [0.2, 0.25) is 5.91 Å². The highest BCUT2D eigenvalue weighted by atomic mass is 16.4. The van der Waals surface area contributed by atoms with Gasteiger partial charge in [-0.1, -0.05) is 33.3 Å². The maximum atomic E-state index is 11.8. The van der Waals surface area contributed by atoms with Gasteiger partial charge in [-0.25, -0.2) is 4.79 Å². The molecule has 1 amide bonds. The highest BCUT2D eigenvalue weighted by Crippen LogP contribution is 2.25. The Morgan fingerprint density at radius 2 is 2.00 bits per heavy atom. The number of rotatable bonds is 6. The lowest BCUT2D eigenvalue weighted by atomic mass is 9.99. The molecule has 0 spiro atoms. The molecule has 2 N–H and O–H groups in total. The Bertz CT molecular complexity index is 466. The Balaban J connectivity index is 2.97. The van der Waals surface area contributed by atoms with Crippen LogP contribution >= 0.6 is 0 Å². The molecule has 1 rings (SSSR count). The van der Waals surface area contributed by atoms with Crippen molar-refractivity contribution in [1.29, 1.82) is 0 Å². The SMILES string of the molecule is CCCCC(=O)Nc1cc(C(=O)O)ccc1C(C)C. The molecule has 0 aliphatic carbocycles. The number of carbonyl (C=O) groups excluding carboxylic acids is 1. The first-order valence-corrected chi connectivity index (χ1v) is 6.62. The number of aromatic carboxylic acids is 1. The summed E-state index contributed by atoms with van der Waals surface area (Å²) in [6, 6.07) is 4.87. The zero-order chi connectivity index (χ0) is 14.4. The first kappa shape index (κ1) is 15.2. The lowest BCUT2D eigenvalue weighted by Crippen LogP contribution is -2.14. The first-order chi connectivity index (χ1) is 8.95. The molecule has 0 saturated heterocycles. The highest BCUT2D eigenvalue weighted by molar-refractivity contribution is 5.94. The monoisotopic (exact) mass is 263 g/mol. The van der Waals surface area contributed by atoms with E-state index in [1.807, 2.05) is 20.8 Å². The van der Waals surface area contributed by atoms with E-state index in [2.05, 4.69) is 5.32 Å². The van der Waals surface area contributed by atoms with E-state index >= 15 is 0 Å². The predicted octanol–water partition coefficient (Wildman–Crippen LogP) is 3.64. The second kappa shape index (κ2) is 6.92. The van der Waals surface area contributed by atoms with Crippen LogP contribution in [0, 0.1) is 0 Å². The summed E-state index contributed by atoms with van der Waals surface area (Å²) < 4.78 is 0. The zero-order valence-corrected chi connectivity index (χ0v) is 11.7. The van der Waals surface area contributed by atoms with Crippen LogP contribution in [0.3, 0.4) is 0 Å². The Morgan fingerprint density at radius 3 is 2.53 bits per heavy atom. The molecular formula is C15H21NO3. The van der Waals surface area contributed by atoms with Crippen LogP contribution in [0.15, 0.2) is 18.2 Å². The fourth-order valence-electron chi connectivity index (χ4n) is 1.85. The molecule has 1 aromatic rings. The molecule has 4 heteroatoms. The molecule has 4 nitrogen and oxygen atoms in total. The normalized spacial score (nSPS) is 10.5. The quantitative estimate of drug-likeness (QED) is 0.823. The molecular weight excluding hydrogens is 242 g/mol. The van der Waals surface area contributed by atoms with Crippen molar-refractivity contribution in [2.75, 3.05) is 5.32 Å². The summed E-state index contributed by atoms with van der Waals surface area (Å²) in [5, 5.41) is 11.8. The molecule has 19 heavy (non-hydrogen) atoms. The second-order valence-electron chi connectivity index (χ2n) is 4.91. The average molecular weight is 263 g/mol. The lowest BCUT2D eigenvalue weighted by molar-refractivity contribution is -0.116. The second-order valence-corrected chi connectivity index (χ2v) is 4.91. The maximum Gasteiger partial charge on any atom is 0.335 e. The number of benzene rings is 1. The summed E-state index contributed by atoms with van der Waals surface area (Å²) in [5.74, 6) is -0.824. The zero-order valence-electron chi connectivity index (χ0n) is 11.7. The number of nitrogens with one attached hydrogen (secondary N) is 1. The number of hydrogen-bond acceptors (Lipinski definition) is 2. The maximum absolute atomic E-state index is 11.8. The summed E-state index contributed by atoms with van der Waals surface area (Å²) in [7, 11) is 0. The number of unbranched alkanes of at least 4 members (excludes halogenated alkanes) is 1. The Kier molecular flexibility index (Phi) is 5.55. The number of carboxylic acid groups (broad SMARTS) is 1. The van der Waals surface area contributed by atoms with Gasteiger partial charge in [0, 0.05) is 12.1 Å².